The van der Waals surface area contributed by atoms with Crippen molar-refractivity contribution < 1.29 is 4.39 Å². The van der Waals surface area contributed by atoms with E-state index in [4.69, 9.17) is 0 Å². The van der Waals surface area contributed by atoms with Crippen molar-refractivity contribution in [3.8, 4) is 0 Å². The Morgan fingerprint density at radius 3 is 2.75 bits per heavy atom. The van der Waals surface area contributed by atoms with Crippen LogP contribution in [0.15, 0.2) is 18.2 Å². The molecule has 1 nitrogen and oxygen atoms in total. The van der Waals surface area contributed by atoms with E-state index in [1.165, 1.54) is 23.6 Å². The van der Waals surface area contributed by atoms with Crippen molar-refractivity contribution in [2.45, 2.75) is 33.6 Å². The molecule has 0 spiro atoms. The largest absolute Gasteiger partial charge is 0.316 e. The Kier molecular flexibility index (Phi) is 5.47. The zero-order valence-electron chi connectivity index (χ0n) is 10.5. The minimum atomic E-state index is -0.114. The second-order valence-corrected chi connectivity index (χ2v) is 4.13. The fraction of sp³-hybridized carbons (Fsp3) is 0.571. The molecule has 0 aromatic heterocycles. The van der Waals surface area contributed by atoms with Crippen molar-refractivity contribution in [2.75, 3.05) is 13.1 Å². The highest BCUT2D eigenvalue weighted by atomic mass is 19.1. The maximum Gasteiger partial charge on any atom is 0.123 e. The molecule has 0 saturated carbocycles. The summed E-state index contributed by atoms with van der Waals surface area (Å²) >= 11 is 0. The lowest BCUT2D eigenvalue weighted by atomic mass is 9.95. The fourth-order valence-corrected chi connectivity index (χ4v) is 2.06. The Morgan fingerprint density at radius 2 is 2.12 bits per heavy atom. The summed E-state index contributed by atoms with van der Waals surface area (Å²) in [5.74, 6) is 0.576. The van der Waals surface area contributed by atoms with Crippen molar-refractivity contribution in [1.29, 1.82) is 0 Å². The summed E-state index contributed by atoms with van der Waals surface area (Å²) in [5.41, 5.74) is 2.37. The van der Waals surface area contributed by atoms with Crippen molar-refractivity contribution in [2.24, 2.45) is 5.92 Å². The molecule has 0 amide bonds. The summed E-state index contributed by atoms with van der Waals surface area (Å²) in [4.78, 5) is 0. The van der Waals surface area contributed by atoms with Crippen molar-refractivity contribution in [3.63, 3.8) is 0 Å². The van der Waals surface area contributed by atoms with Gasteiger partial charge in [-0.3, -0.25) is 0 Å². The lowest BCUT2D eigenvalue weighted by Gasteiger charge is -2.10. The van der Waals surface area contributed by atoms with E-state index in [2.05, 4.69) is 12.2 Å². The van der Waals surface area contributed by atoms with E-state index in [0.29, 0.717) is 5.92 Å². The van der Waals surface area contributed by atoms with Gasteiger partial charge in [-0.05, 0) is 62.0 Å². The standard InChI is InChI=1S/C12H16FN.C2H6/c1-9-2-3-12(13)7-11(9)6-10-4-5-14-8-10;1-2/h2-3,7,10,14H,4-6,8H2,1H3;1-2H3. The van der Waals surface area contributed by atoms with E-state index in [0.717, 1.165) is 19.5 Å². The van der Waals surface area contributed by atoms with Gasteiger partial charge in [0.1, 0.15) is 5.82 Å². The van der Waals surface area contributed by atoms with Crippen molar-refractivity contribution in [3.05, 3.63) is 35.1 Å². The second kappa shape index (κ2) is 6.64. The van der Waals surface area contributed by atoms with E-state index < -0.39 is 0 Å². The van der Waals surface area contributed by atoms with Crippen molar-refractivity contribution in [1.82, 2.24) is 5.32 Å². The molecular weight excluding hydrogens is 201 g/mol. The van der Waals surface area contributed by atoms with E-state index in [-0.39, 0.29) is 5.82 Å². The molecule has 1 unspecified atom stereocenters. The normalized spacial score (nSPS) is 19.1. The van der Waals surface area contributed by atoms with Gasteiger partial charge in [0.05, 0.1) is 0 Å². The van der Waals surface area contributed by atoms with E-state index in [1.807, 2.05) is 19.9 Å². The van der Waals surface area contributed by atoms with Gasteiger partial charge < -0.3 is 5.32 Å². The van der Waals surface area contributed by atoms with Crippen LogP contribution in [0, 0.1) is 18.7 Å². The smallest absolute Gasteiger partial charge is 0.123 e. The highest BCUT2D eigenvalue weighted by Crippen LogP contribution is 2.18. The molecular formula is C14H22FN. The highest BCUT2D eigenvalue weighted by molar-refractivity contribution is 5.27. The molecule has 1 N–H and O–H groups in total. The summed E-state index contributed by atoms with van der Waals surface area (Å²) in [6.07, 6.45) is 2.23. The fourth-order valence-electron chi connectivity index (χ4n) is 2.06. The third kappa shape index (κ3) is 3.60. The number of hydrogen-bond donors (Lipinski definition) is 1. The first-order valence-electron chi connectivity index (χ1n) is 6.21. The van der Waals surface area contributed by atoms with Gasteiger partial charge in [-0.1, -0.05) is 19.9 Å². The summed E-state index contributed by atoms with van der Waals surface area (Å²) < 4.78 is 13.0. The zero-order valence-corrected chi connectivity index (χ0v) is 10.5. The molecule has 1 aliphatic rings. The van der Waals surface area contributed by atoms with Gasteiger partial charge in [-0.15, -0.1) is 0 Å². The summed E-state index contributed by atoms with van der Waals surface area (Å²) in [6, 6.07) is 5.08. The average Bonchev–Trinajstić information content (AvgIpc) is 2.79. The van der Waals surface area contributed by atoms with Crippen LogP contribution in [0.25, 0.3) is 0 Å². The minimum Gasteiger partial charge on any atom is -0.316 e. The molecule has 1 saturated heterocycles. The van der Waals surface area contributed by atoms with E-state index >= 15 is 0 Å². The monoisotopic (exact) mass is 223 g/mol. The predicted octanol–water partition coefficient (Wildman–Crippen LogP) is 3.31. The van der Waals surface area contributed by atoms with Crippen LogP contribution < -0.4 is 5.32 Å². The minimum absolute atomic E-state index is 0.114. The molecule has 1 aliphatic heterocycles. The molecule has 1 heterocycles. The number of nitrogens with one attached hydrogen (secondary N) is 1. The summed E-state index contributed by atoms with van der Waals surface area (Å²) in [5, 5.41) is 3.33. The molecule has 0 aliphatic carbocycles. The van der Waals surface area contributed by atoms with Crippen molar-refractivity contribution >= 4 is 0 Å². The number of halogens is 1. The molecule has 0 bridgehead atoms. The molecule has 2 heteroatoms. The number of hydrogen-bond acceptors (Lipinski definition) is 1. The lowest BCUT2D eigenvalue weighted by molar-refractivity contribution is 0.571. The van der Waals surface area contributed by atoms with Crippen LogP contribution in [0.3, 0.4) is 0 Å². The highest BCUT2D eigenvalue weighted by Gasteiger charge is 2.15. The Hall–Kier alpha value is -0.890. The maximum absolute atomic E-state index is 13.0. The Bertz CT molecular complexity index is 317. The zero-order chi connectivity index (χ0) is 12.0. The third-order valence-electron chi connectivity index (χ3n) is 2.98. The van der Waals surface area contributed by atoms with Crippen LogP contribution in [0.4, 0.5) is 4.39 Å². The first kappa shape index (κ1) is 13.2. The molecule has 16 heavy (non-hydrogen) atoms. The first-order chi connectivity index (χ1) is 7.75. The van der Waals surface area contributed by atoms with Crippen LogP contribution in [0.2, 0.25) is 0 Å². The Labute approximate surface area is 98.1 Å². The maximum atomic E-state index is 13.0. The molecule has 1 aromatic carbocycles. The molecule has 90 valence electrons. The van der Waals surface area contributed by atoms with Crippen LogP contribution in [0.1, 0.15) is 31.4 Å². The number of benzene rings is 1. The van der Waals surface area contributed by atoms with E-state index in [1.54, 1.807) is 6.07 Å². The van der Waals surface area contributed by atoms with E-state index in [9.17, 15) is 4.39 Å². The second-order valence-electron chi connectivity index (χ2n) is 4.13. The van der Waals surface area contributed by atoms with Crippen LogP contribution in [0.5, 0.6) is 0 Å². The lowest BCUT2D eigenvalue weighted by Crippen LogP contribution is -2.11. The summed E-state index contributed by atoms with van der Waals surface area (Å²) in [6.45, 7) is 8.24. The number of rotatable bonds is 2. The molecule has 0 radical (unpaired) electrons. The third-order valence-corrected chi connectivity index (χ3v) is 2.98. The molecule has 1 atom stereocenters. The van der Waals surface area contributed by atoms with Gasteiger partial charge in [-0.2, -0.15) is 0 Å². The van der Waals surface area contributed by atoms with Gasteiger partial charge in [0.15, 0.2) is 0 Å². The molecule has 1 aromatic rings. The van der Waals surface area contributed by atoms with Gasteiger partial charge in [0.2, 0.25) is 0 Å². The molecule has 2 rings (SSSR count). The van der Waals surface area contributed by atoms with Crippen LogP contribution in [-0.2, 0) is 6.42 Å². The van der Waals surface area contributed by atoms with Gasteiger partial charge >= 0.3 is 0 Å². The van der Waals surface area contributed by atoms with Gasteiger partial charge in [0.25, 0.3) is 0 Å². The summed E-state index contributed by atoms with van der Waals surface area (Å²) in [7, 11) is 0. The van der Waals surface area contributed by atoms with Crippen LogP contribution in [-0.4, -0.2) is 13.1 Å². The first-order valence-corrected chi connectivity index (χ1v) is 6.21. The SMILES string of the molecule is CC.Cc1ccc(F)cc1CC1CCNC1. The van der Waals surface area contributed by atoms with Gasteiger partial charge in [0, 0.05) is 0 Å². The van der Waals surface area contributed by atoms with Gasteiger partial charge in [-0.25, -0.2) is 4.39 Å². The predicted molar refractivity (Wildman–Crippen MR) is 67.2 cm³/mol. The molecule has 1 fully saturated rings. The Balaban J connectivity index is 0.000000606. The quantitative estimate of drug-likeness (QED) is 0.811. The Morgan fingerprint density at radius 1 is 1.38 bits per heavy atom. The van der Waals surface area contributed by atoms with Crippen LogP contribution >= 0.6 is 0 Å². The topological polar surface area (TPSA) is 12.0 Å². The average molecular weight is 223 g/mol. The number of aryl methyl sites for hydroxylation is 1.